The van der Waals surface area contributed by atoms with Gasteiger partial charge in [0, 0.05) is 12.8 Å². The summed E-state index contributed by atoms with van der Waals surface area (Å²) in [5, 5.41) is 19.7. The molecule has 0 aliphatic heterocycles. The van der Waals surface area contributed by atoms with Crippen molar-refractivity contribution in [3.05, 3.63) is 72.9 Å². The van der Waals surface area contributed by atoms with Gasteiger partial charge in [-0.15, -0.1) is 0 Å². The molecule has 0 aliphatic carbocycles. The molecule has 0 spiro atoms. The molecule has 0 saturated carbocycles. The Bertz CT molecular complexity index is 880. The second kappa shape index (κ2) is 32.7. The van der Waals surface area contributed by atoms with E-state index in [2.05, 4.69) is 57.2 Å². The molecule has 2 atom stereocenters. The summed E-state index contributed by atoms with van der Waals surface area (Å²) in [5.74, 6) is 0.107. The van der Waals surface area contributed by atoms with Gasteiger partial charge in [0.25, 0.3) is 0 Å². The van der Waals surface area contributed by atoms with Gasteiger partial charge in [-0.25, -0.2) is 0 Å². The van der Waals surface area contributed by atoms with E-state index in [0.717, 1.165) is 50.9 Å². The Balaban J connectivity index is 3.69. The lowest BCUT2D eigenvalue weighted by Gasteiger charge is -2.12. The number of aliphatic hydroxyl groups is 2. The Hall–Kier alpha value is -2.70. The minimum atomic E-state index is -1.01. The number of esters is 2. The summed E-state index contributed by atoms with van der Waals surface area (Å²) in [7, 11) is 0. The minimum absolute atomic E-state index is 0.152. The van der Waals surface area contributed by atoms with Crippen molar-refractivity contribution in [3.63, 3.8) is 0 Å². The van der Waals surface area contributed by atoms with E-state index < -0.39 is 12.2 Å². The van der Waals surface area contributed by atoms with E-state index in [9.17, 15) is 19.8 Å². The van der Waals surface area contributed by atoms with Gasteiger partial charge in [0.1, 0.15) is 19.3 Å². The molecule has 0 heterocycles. The second-order valence-electron chi connectivity index (χ2n) is 11.9. The number of carbonyl (C=O) groups is 2. The van der Waals surface area contributed by atoms with Crippen LogP contribution in [-0.2, 0) is 19.1 Å². The first-order valence-corrected chi connectivity index (χ1v) is 17.5. The Morgan fingerprint density at radius 1 is 0.622 bits per heavy atom. The lowest BCUT2D eigenvalue weighted by atomic mass is 10.0. The largest absolute Gasteiger partial charge is 0.463 e. The van der Waals surface area contributed by atoms with E-state index >= 15 is 0 Å². The zero-order chi connectivity index (χ0) is 33.2. The Morgan fingerprint density at radius 2 is 1.16 bits per heavy atom. The number of aliphatic hydroxyl groups excluding tert-OH is 2. The number of hydrogen-bond acceptors (Lipinski definition) is 6. The third-order valence-corrected chi connectivity index (χ3v) is 6.98. The van der Waals surface area contributed by atoms with Crippen LogP contribution in [0.2, 0.25) is 0 Å². The van der Waals surface area contributed by atoms with Crippen molar-refractivity contribution < 1.29 is 29.3 Å². The monoisotopic (exact) mass is 628 g/mol. The average molecular weight is 629 g/mol. The number of carbonyl (C=O) groups excluding carboxylic acids is 2. The molecule has 45 heavy (non-hydrogen) atoms. The zero-order valence-electron chi connectivity index (χ0n) is 28.6. The molecule has 0 amide bonds. The van der Waals surface area contributed by atoms with E-state index in [1.54, 1.807) is 6.08 Å². The molecule has 256 valence electrons. The first kappa shape index (κ1) is 42.3. The molecule has 0 aromatic heterocycles. The maximum absolute atomic E-state index is 11.9. The number of rotatable bonds is 29. The van der Waals surface area contributed by atoms with Gasteiger partial charge >= 0.3 is 11.9 Å². The standard InChI is InChI=1S/C39H64O6/c1-4-5-23-29-36(40)30-25-20-16-11-9-7-6-8-10-12-17-21-26-31-38(42)44-33-37(41)34-45-39(43)32-27-22-18-14-13-15-19-24-28-35(2)3/h5,7-10,16-17,20-21,23,25,30,35-37,40-41H,4,6,11-15,18-19,22,24,26-29,31-34H2,1-3H3/b9-7-,10-8-,20-16+,21-17-,23-5-,30-25+/t36?,37-/m0/s1. The molecule has 0 aromatic rings. The molecule has 1 unspecified atom stereocenters. The lowest BCUT2D eigenvalue weighted by molar-refractivity contribution is -0.152. The van der Waals surface area contributed by atoms with Crippen LogP contribution in [0.15, 0.2) is 72.9 Å². The number of ether oxygens (including phenoxy) is 2. The Kier molecular flexibility index (Phi) is 30.7. The van der Waals surface area contributed by atoms with Gasteiger partial charge in [0.2, 0.25) is 0 Å². The van der Waals surface area contributed by atoms with Crippen LogP contribution in [0.5, 0.6) is 0 Å². The Morgan fingerprint density at radius 3 is 1.76 bits per heavy atom. The van der Waals surface area contributed by atoms with Crippen LogP contribution in [0, 0.1) is 5.92 Å². The lowest BCUT2D eigenvalue weighted by Crippen LogP contribution is -2.25. The highest BCUT2D eigenvalue weighted by atomic mass is 16.6. The van der Waals surface area contributed by atoms with E-state index in [1.807, 2.05) is 30.4 Å². The van der Waals surface area contributed by atoms with Crippen LogP contribution in [0.3, 0.4) is 0 Å². The maximum Gasteiger partial charge on any atom is 0.306 e. The summed E-state index contributed by atoms with van der Waals surface area (Å²) in [6.07, 6.45) is 38.7. The Labute approximate surface area is 275 Å². The molecule has 0 aliphatic rings. The predicted octanol–water partition coefficient (Wildman–Crippen LogP) is 9.44. The minimum Gasteiger partial charge on any atom is -0.463 e. The van der Waals surface area contributed by atoms with Crippen molar-refractivity contribution in [2.24, 2.45) is 5.92 Å². The SMILES string of the molecule is CC/C=C\CC(O)/C=C/C=C/C/C=C\C/C=C\C/C=C\CCC(=O)OC[C@H](O)COC(=O)CCCCCCCCCCC(C)C. The average Bonchev–Trinajstić information content (AvgIpc) is 3.01. The summed E-state index contributed by atoms with van der Waals surface area (Å²) in [6, 6.07) is 0. The highest BCUT2D eigenvalue weighted by Gasteiger charge is 2.11. The van der Waals surface area contributed by atoms with Crippen LogP contribution in [0.25, 0.3) is 0 Å². The first-order chi connectivity index (χ1) is 21.8. The molecule has 6 nitrogen and oxygen atoms in total. The van der Waals surface area contributed by atoms with Gasteiger partial charge in [0.15, 0.2) is 0 Å². The first-order valence-electron chi connectivity index (χ1n) is 17.5. The summed E-state index contributed by atoms with van der Waals surface area (Å²) in [6.45, 7) is 6.30. The van der Waals surface area contributed by atoms with Crippen LogP contribution < -0.4 is 0 Å². The van der Waals surface area contributed by atoms with E-state index in [1.165, 1.54) is 38.5 Å². The zero-order valence-corrected chi connectivity index (χ0v) is 28.6. The summed E-state index contributed by atoms with van der Waals surface area (Å²) < 4.78 is 10.2. The van der Waals surface area contributed by atoms with Crippen LogP contribution in [-0.4, -0.2) is 47.6 Å². The van der Waals surface area contributed by atoms with E-state index in [0.29, 0.717) is 19.3 Å². The quantitative estimate of drug-likeness (QED) is 0.0371. The van der Waals surface area contributed by atoms with Gasteiger partial charge in [0.05, 0.1) is 6.10 Å². The maximum atomic E-state index is 11.9. The van der Waals surface area contributed by atoms with Gasteiger partial charge < -0.3 is 19.7 Å². The highest BCUT2D eigenvalue weighted by molar-refractivity contribution is 5.70. The van der Waals surface area contributed by atoms with Crippen molar-refractivity contribution in [2.75, 3.05) is 13.2 Å². The van der Waals surface area contributed by atoms with Gasteiger partial charge in [-0.2, -0.15) is 0 Å². The third kappa shape index (κ3) is 34.0. The van der Waals surface area contributed by atoms with E-state index in [4.69, 9.17) is 9.47 Å². The summed E-state index contributed by atoms with van der Waals surface area (Å²) >= 11 is 0. The molecule has 0 bridgehead atoms. The fraction of sp³-hybridized carbons (Fsp3) is 0.641. The van der Waals surface area contributed by atoms with Gasteiger partial charge in [-0.3, -0.25) is 9.59 Å². The molecular formula is C39H64O6. The predicted molar refractivity (Wildman–Crippen MR) is 188 cm³/mol. The van der Waals surface area contributed by atoms with Gasteiger partial charge in [-0.1, -0.05) is 145 Å². The van der Waals surface area contributed by atoms with Crippen LogP contribution in [0.4, 0.5) is 0 Å². The number of hydrogen-bond donors (Lipinski definition) is 2. The van der Waals surface area contributed by atoms with E-state index in [-0.39, 0.29) is 31.6 Å². The molecule has 0 rings (SSSR count). The van der Waals surface area contributed by atoms with Crippen molar-refractivity contribution in [2.45, 2.75) is 142 Å². The third-order valence-electron chi connectivity index (χ3n) is 6.98. The molecule has 6 heteroatoms. The summed E-state index contributed by atoms with van der Waals surface area (Å²) in [4.78, 5) is 23.8. The fourth-order valence-corrected chi connectivity index (χ4v) is 4.32. The van der Waals surface area contributed by atoms with Crippen molar-refractivity contribution in [3.8, 4) is 0 Å². The van der Waals surface area contributed by atoms with Crippen molar-refractivity contribution in [1.29, 1.82) is 0 Å². The molecule has 0 saturated heterocycles. The smallest absolute Gasteiger partial charge is 0.306 e. The molecular weight excluding hydrogens is 564 g/mol. The summed E-state index contributed by atoms with van der Waals surface area (Å²) in [5.41, 5.74) is 0. The van der Waals surface area contributed by atoms with Crippen molar-refractivity contribution >= 4 is 11.9 Å². The fourth-order valence-electron chi connectivity index (χ4n) is 4.32. The van der Waals surface area contributed by atoms with Crippen LogP contribution >= 0.6 is 0 Å². The second-order valence-corrected chi connectivity index (χ2v) is 11.9. The normalized spacial score (nSPS) is 13.9. The van der Waals surface area contributed by atoms with Crippen molar-refractivity contribution in [1.82, 2.24) is 0 Å². The topological polar surface area (TPSA) is 93.1 Å². The molecule has 0 fully saturated rings. The highest BCUT2D eigenvalue weighted by Crippen LogP contribution is 2.13. The van der Waals surface area contributed by atoms with Gasteiger partial charge in [-0.05, 0) is 50.9 Å². The molecule has 0 radical (unpaired) electrons. The molecule has 2 N–H and O–H groups in total. The number of unbranched alkanes of at least 4 members (excludes halogenated alkanes) is 7. The van der Waals surface area contributed by atoms with Crippen LogP contribution in [0.1, 0.15) is 130 Å². The molecule has 0 aromatic carbocycles. The number of allylic oxidation sites excluding steroid dienone is 10.